The first-order valence-corrected chi connectivity index (χ1v) is 36.5. The van der Waals surface area contributed by atoms with Gasteiger partial charge in [0.2, 0.25) is 0 Å². The van der Waals surface area contributed by atoms with E-state index in [0.717, 1.165) is 15.5 Å². The van der Waals surface area contributed by atoms with Gasteiger partial charge < -0.3 is 27.3 Å². The van der Waals surface area contributed by atoms with Crippen molar-refractivity contribution in [3.05, 3.63) is 314 Å². The van der Waals surface area contributed by atoms with Crippen LogP contribution < -0.4 is 13.1 Å². The Bertz CT molecular complexity index is 3930. The van der Waals surface area contributed by atoms with Crippen LogP contribution in [0.2, 0.25) is 0 Å². The van der Waals surface area contributed by atoms with Gasteiger partial charge >= 0.3 is 38.1 Å². The molecule has 0 saturated carbocycles. The minimum absolute atomic E-state index is 0. The quantitative estimate of drug-likeness (QED) is 0.00824. The minimum atomic E-state index is -3.80. The van der Waals surface area contributed by atoms with Crippen molar-refractivity contribution >= 4 is 70.8 Å². The van der Waals surface area contributed by atoms with Crippen molar-refractivity contribution in [3.63, 3.8) is 0 Å². The molecule has 9 aromatic carbocycles. The molecule has 0 spiro atoms. The molecule has 0 aliphatic carbocycles. The van der Waals surface area contributed by atoms with Crippen molar-refractivity contribution in [2.75, 3.05) is 37.9 Å². The molecular formula is C78H84O13S5+6. The van der Waals surface area contributed by atoms with Gasteiger partial charge in [0.15, 0.2) is 44.1 Å². The van der Waals surface area contributed by atoms with E-state index in [0.29, 0.717) is 30.6 Å². The van der Waals surface area contributed by atoms with Crippen molar-refractivity contribution in [3.8, 4) is 17.2 Å². The number of rotatable bonds is 29. The molecule has 498 valence electrons. The lowest BCUT2D eigenvalue weighted by Gasteiger charge is -2.10. The van der Waals surface area contributed by atoms with E-state index in [2.05, 4.69) is 129 Å². The Balaban J connectivity index is 0.000000303. The van der Waals surface area contributed by atoms with E-state index in [-0.39, 0.29) is 110 Å². The summed E-state index contributed by atoms with van der Waals surface area (Å²) in [6.45, 7) is 15.9. The van der Waals surface area contributed by atoms with Gasteiger partial charge in [-0.1, -0.05) is 129 Å². The Kier molecular flexibility index (Phi) is 33.5. The fraction of sp³-hybridized carbons (Fsp3) is 0.154. The molecule has 0 bridgehead atoms. The molecule has 0 radical (unpaired) electrons. The summed E-state index contributed by atoms with van der Waals surface area (Å²) in [5, 5.41) is 0. The molecular weight excluding hydrogens is 1310 g/mol. The molecule has 96 heavy (non-hydrogen) atoms. The van der Waals surface area contributed by atoms with Crippen LogP contribution in [-0.4, -0.2) is 72.7 Å². The van der Waals surface area contributed by atoms with Gasteiger partial charge in [-0.3, -0.25) is 0 Å². The molecule has 0 atom stereocenters. The fourth-order valence-corrected chi connectivity index (χ4v) is 16.7. The fourth-order valence-electron chi connectivity index (χ4n) is 8.49. The molecule has 0 saturated heterocycles. The van der Waals surface area contributed by atoms with E-state index in [1.54, 1.807) is 38.1 Å². The highest BCUT2D eigenvalue weighted by molar-refractivity contribution is 7.97. The van der Waals surface area contributed by atoms with Crippen molar-refractivity contribution in [1.29, 1.82) is 0 Å². The standard InChI is InChI=1S/C26H27O5S2.C25H25O5S2.C24H23O3S.3CH3/c1-21(2)26(27)30-19-9-10-20-33(28,29)31-22-15-17-25(18-16-22)32(23-11-5-3-6-12-23)24-13-7-4-8-14-24;1-20(2)25(26)29-18-9-19-32(27,28)30-21-14-16-24(17-15-21)31(22-10-5-3-6-11-22)23-12-7-4-8-13-23;1-19(2)24(25)27-18-17-26-20-13-15-23(16-14-20)28(21-9-5-3-6-10-21)22-11-7-4-8-12-22;;;/h3-8,11-18H,1,9-10,19-20H2,2H3;3-8,10-17H,1,9,18-19H2,2H3;3-16H,1,17-18H2,2H3;3*1H3/q6*+1. The van der Waals surface area contributed by atoms with Crippen LogP contribution in [0.5, 0.6) is 17.2 Å². The maximum absolute atomic E-state index is 12.3. The zero-order chi connectivity index (χ0) is 66.4. The average Bonchev–Trinajstić information content (AvgIpc) is 0.837. The number of carbonyl (C=O) groups is 3. The predicted octanol–water partition coefficient (Wildman–Crippen LogP) is 17.0. The molecule has 18 heteroatoms. The summed E-state index contributed by atoms with van der Waals surface area (Å²) in [6.07, 6.45) is 0.901. The maximum Gasteiger partial charge on any atom is 0.333 e. The SMILES string of the molecule is C=C(C)C(=O)OCCCCS(=O)(=O)Oc1ccc([S+](c2ccccc2)c2ccccc2)cc1.C=C(C)C(=O)OCCCS(=O)(=O)Oc1ccc([S+](c2ccccc2)c2ccccc2)cc1.C=C(C)C(=O)OCCOc1ccc([S+](c2ccccc2)c2ccccc2)cc1.[CH3+].[CH3+].[CH3+]. The average molecular weight is 1390 g/mol. The summed E-state index contributed by atoms with van der Waals surface area (Å²) in [5.74, 6) is -0.539. The lowest BCUT2D eigenvalue weighted by Crippen LogP contribution is -2.16. The highest BCUT2D eigenvalue weighted by Crippen LogP contribution is 2.35. The number of hydrogen-bond acceptors (Lipinski definition) is 13. The topological polar surface area (TPSA) is 175 Å². The van der Waals surface area contributed by atoms with Gasteiger partial charge in [-0.25, -0.2) is 14.4 Å². The molecule has 0 aliphatic rings. The Hall–Kier alpha value is -9.43. The van der Waals surface area contributed by atoms with E-state index in [9.17, 15) is 31.2 Å². The highest BCUT2D eigenvalue weighted by Gasteiger charge is 2.31. The van der Waals surface area contributed by atoms with E-state index >= 15 is 0 Å². The van der Waals surface area contributed by atoms with Crippen molar-refractivity contribution in [2.45, 2.75) is 84.1 Å². The third-order valence-corrected chi connectivity index (χ3v) is 22.1. The second-order valence-electron chi connectivity index (χ2n) is 20.6. The van der Waals surface area contributed by atoms with E-state index in [1.165, 1.54) is 41.2 Å². The second kappa shape index (κ2) is 40.7. The van der Waals surface area contributed by atoms with E-state index in [1.807, 2.05) is 121 Å². The Labute approximate surface area is 578 Å². The van der Waals surface area contributed by atoms with Gasteiger partial charge in [0, 0.05) is 39.0 Å². The van der Waals surface area contributed by atoms with Crippen LogP contribution >= 0.6 is 0 Å². The first kappa shape index (κ1) is 79.0. The molecule has 0 amide bonds. The molecule has 0 heterocycles. The number of hydrogen-bond donors (Lipinski definition) is 0. The highest BCUT2D eigenvalue weighted by atomic mass is 32.2. The molecule has 0 unspecified atom stereocenters. The summed E-state index contributed by atoms with van der Waals surface area (Å²) < 4.78 is 80.3. The first-order chi connectivity index (χ1) is 44.9. The Morgan fingerprint density at radius 3 is 0.802 bits per heavy atom. The third kappa shape index (κ3) is 26.1. The maximum atomic E-state index is 12.3. The molecule has 0 aromatic heterocycles. The molecule has 13 nitrogen and oxygen atoms in total. The summed E-state index contributed by atoms with van der Waals surface area (Å²) >= 11 is 0. The molecule has 0 fully saturated rings. The van der Waals surface area contributed by atoms with Gasteiger partial charge in [-0.2, -0.15) is 16.8 Å². The molecule has 0 aliphatic heterocycles. The molecule has 9 rings (SSSR count). The number of benzene rings is 9. The predicted molar refractivity (Wildman–Crippen MR) is 389 cm³/mol. The van der Waals surface area contributed by atoms with Crippen LogP contribution in [0.1, 0.15) is 40.0 Å². The van der Waals surface area contributed by atoms with Crippen LogP contribution in [0.4, 0.5) is 0 Å². The first-order valence-electron chi connectivity index (χ1n) is 29.6. The minimum Gasteiger partial charge on any atom is -0.490 e. The van der Waals surface area contributed by atoms with Crippen molar-refractivity contribution in [1.82, 2.24) is 0 Å². The lowest BCUT2D eigenvalue weighted by atomic mass is 10.3. The zero-order valence-electron chi connectivity index (χ0n) is 55.1. The number of ether oxygens (including phenoxy) is 4. The number of esters is 3. The van der Waals surface area contributed by atoms with Gasteiger partial charge in [0.05, 0.1) is 57.4 Å². The smallest absolute Gasteiger partial charge is 0.333 e. The summed E-state index contributed by atoms with van der Waals surface area (Å²) in [6, 6.07) is 84.2. The summed E-state index contributed by atoms with van der Waals surface area (Å²) in [7, 11) is -8.36. The number of carbonyl (C=O) groups excluding carboxylic acids is 3. The van der Waals surface area contributed by atoms with Crippen LogP contribution in [0.25, 0.3) is 0 Å². The van der Waals surface area contributed by atoms with Gasteiger partial charge in [-0.15, -0.1) is 0 Å². The lowest BCUT2D eigenvalue weighted by molar-refractivity contribution is -0.140. The van der Waals surface area contributed by atoms with E-state index in [4.69, 9.17) is 27.3 Å². The zero-order valence-corrected chi connectivity index (χ0v) is 59.2. The third-order valence-electron chi connectivity index (χ3n) is 12.9. The van der Waals surface area contributed by atoms with Crippen LogP contribution in [0.15, 0.2) is 335 Å². The van der Waals surface area contributed by atoms with Crippen molar-refractivity contribution < 1.29 is 58.5 Å². The second-order valence-corrected chi connectivity index (χ2v) is 30.0. The summed E-state index contributed by atoms with van der Waals surface area (Å²) in [4.78, 5) is 44.6. The monoisotopic (exact) mass is 1390 g/mol. The van der Waals surface area contributed by atoms with Gasteiger partial charge in [0.1, 0.15) is 30.5 Å². The van der Waals surface area contributed by atoms with Gasteiger partial charge in [-0.05, 0) is 186 Å². The molecule has 9 aromatic rings. The van der Waals surface area contributed by atoms with Gasteiger partial charge in [0.25, 0.3) is 0 Å². The van der Waals surface area contributed by atoms with Crippen LogP contribution in [0, 0.1) is 22.3 Å². The van der Waals surface area contributed by atoms with Crippen molar-refractivity contribution in [2.24, 2.45) is 0 Å². The largest absolute Gasteiger partial charge is 0.490 e. The number of unbranched alkanes of at least 4 members (excludes halogenated alkanes) is 1. The molecule has 0 N–H and O–H groups in total. The van der Waals surface area contributed by atoms with Crippen LogP contribution in [0.3, 0.4) is 0 Å². The summed E-state index contributed by atoms with van der Waals surface area (Å²) in [5.41, 5.74) is 0.976. The van der Waals surface area contributed by atoms with E-state index < -0.39 is 38.1 Å². The Morgan fingerprint density at radius 2 is 0.531 bits per heavy atom. The Morgan fingerprint density at radius 1 is 0.302 bits per heavy atom. The van der Waals surface area contributed by atoms with Crippen LogP contribution in [-0.2, 0) is 81.5 Å². The normalized spacial score (nSPS) is 10.6.